The molecule has 51 heavy (non-hydrogen) atoms. The summed E-state index contributed by atoms with van der Waals surface area (Å²) in [7, 11) is 0. The molecule has 0 saturated heterocycles. The highest BCUT2D eigenvalue weighted by molar-refractivity contribution is 5.77. The van der Waals surface area contributed by atoms with Crippen molar-refractivity contribution in [3.05, 3.63) is 42.2 Å². The number of rotatable bonds is 10. The smallest absolute Gasteiger partial charge is 0.306 e. The van der Waals surface area contributed by atoms with Crippen molar-refractivity contribution in [2.75, 3.05) is 0 Å². The fraction of sp³-hybridized carbons (Fsp3) is 0.773. The minimum Gasteiger partial charge on any atom is -0.481 e. The van der Waals surface area contributed by atoms with Crippen LogP contribution in [0, 0.1) is 62.1 Å². The number of carboxylic acids is 1. The Bertz CT molecular complexity index is 1520. The highest BCUT2D eigenvalue weighted by atomic mass is 16.5. The minimum atomic E-state index is -0.885. The number of carbonyl (C=O) groups is 3. The lowest BCUT2D eigenvalue weighted by molar-refractivity contribution is -0.250. The summed E-state index contributed by atoms with van der Waals surface area (Å²) in [5, 5.41) is 12.6. The summed E-state index contributed by atoms with van der Waals surface area (Å²) in [6.45, 7) is 23.5. The maximum absolute atomic E-state index is 13.7. The maximum atomic E-state index is 13.7. The normalized spacial score (nSPS) is 39.8. The van der Waals surface area contributed by atoms with Gasteiger partial charge in [-0.15, -0.1) is 0 Å². The first-order valence-corrected chi connectivity index (χ1v) is 20.0. The molecule has 1 amide bonds. The summed E-state index contributed by atoms with van der Waals surface area (Å²) in [6.07, 6.45) is 15.3. The van der Waals surface area contributed by atoms with Crippen LogP contribution in [0.2, 0.25) is 0 Å². The zero-order chi connectivity index (χ0) is 37.2. The molecule has 6 rings (SSSR count). The van der Waals surface area contributed by atoms with Gasteiger partial charge in [-0.2, -0.15) is 0 Å². The number of carbonyl (C=O) groups excluding carboxylic acids is 2. The molecule has 0 aromatic carbocycles. The topological polar surface area (TPSA) is 106 Å². The second-order valence-corrected chi connectivity index (χ2v) is 20.1. The standard InChI is InChI=1S/C44H66N2O5/c1-28(2)30-12-19-44(24-35(47)46-27-29-15-22-45-23-16-29)21-20-42(8)31(38(30)44)10-11-33-41(7)17-14-34(40(5,6)32(41)13-18-43(33,42)9)51-37(50)26-39(3,4)25-36(48)49/h15-16,22-23,30-34,38H,1,10-14,17-21,24-27H2,2-9H3,(H,46,47)(H,48,49)/t30-,31+,32-,33+,34-,38+,41-,42+,43+,44+/m0/s1. The van der Waals surface area contributed by atoms with E-state index < -0.39 is 11.4 Å². The predicted octanol–water partition coefficient (Wildman–Crippen LogP) is 9.55. The molecule has 5 fully saturated rings. The molecular weight excluding hydrogens is 636 g/mol. The highest BCUT2D eigenvalue weighted by Gasteiger charge is 2.71. The van der Waals surface area contributed by atoms with E-state index in [0.717, 1.165) is 44.1 Å². The van der Waals surface area contributed by atoms with Crippen molar-refractivity contribution in [1.29, 1.82) is 0 Å². The van der Waals surface area contributed by atoms with Crippen molar-refractivity contribution in [1.82, 2.24) is 10.3 Å². The molecule has 0 bridgehead atoms. The molecule has 5 saturated carbocycles. The number of hydrogen-bond donors (Lipinski definition) is 2. The number of nitrogens with zero attached hydrogens (tertiary/aromatic N) is 1. The van der Waals surface area contributed by atoms with E-state index >= 15 is 0 Å². The third-order valence-corrected chi connectivity index (χ3v) is 16.5. The van der Waals surface area contributed by atoms with Crippen LogP contribution in [-0.4, -0.2) is 34.0 Å². The van der Waals surface area contributed by atoms with E-state index in [1.165, 1.54) is 31.3 Å². The molecule has 1 aromatic heterocycles. The molecule has 10 atom stereocenters. The summed E-state index contributed by atoms with van der Waals surface area (Å²) in [6, 6.07) is 3.95. The van der Waals surface area contributed by atoms with Crippen LogP contribution in [0.4, 0.5) is 0 Å². The second kappa shape index (κ2) is 13.3. The first-order chi connectivity index (χ1) is 23.8. The number of pyridine rings is 1. The number of ether oxygens (including phenoxy) is 1. The van der Waals surface area contributed by atoms with Gasteiger partial charge in [-0.25, -0.2) is 0 Å². The van der Waals surface area contributed by atoms with Gasteiger partial charge < -0.3 is 15.2 Å². The lowest BCUT2D eigenvalue weighted by Crippen LogP contribution is -2.67. The Morgan fingerprint density at radius 2 is 1.61 bits per heavy atom. The number of allylic oxidation sites excluding steroid dienone is 1. The molecule has 282 valence electrons. The summed E-state index contributed by atoms with van der Waals surface area (Å²) >= 11 is 0. The van der Waals surface area contributed by atoms with Gasteiger partial charge in [0, 0.05) is 30.8 Å². The summed E-state index contributed by atoms with van der Waals surface area (Å²) in [4.78, 5) is 42.4. The molecule has 1 aromatic rings. The molecule has 0 radical (unpaired) electrons. The van der Waals surface area contributed by atoms with E-state index in [0.29, 0.717) is 42.6 Å². The Morgan fingerprint density at radius 3 is 2.27 bits per heavy atom. The summed E-state index contributed by atoms with van der Waals surface area (Å²) in [5.41, 5.74) is 2.14. The Kier molecular flexibility index (Phi) is 9.92. The lowest BCUT2D eigenvalue weighted by atomic mass is 9.32. The number of carboxylic acid groups (broad SMARTS) is 1. The van der Waals surface area contributed by atoms with Crippen LogP contribution >= 0.6 is 0 Å². The van der Waals surface area contributed by atoms with Gasteiger partial charge in [-0.1, -0.05) is 60.6 Å². The zero-order valence-electron chi connectivity index (χ0n) is 32.9. The van der Waals surface area contributed by atoms with Gasteiger partial charge in [0.2, 0.25) is 5.91 Å². The number of amides is 1. The first-order valence-electron chi connectivity index (χ1n) is 20.0. The largest absolute Gasteiger partial charge is 0.481 e. The molecular formula is C44H66N2O5. The third-order valence-electron chi connectivity index (χ3n) is 16.5. The zero-order valence-corrected chi connectivity index (χ0v) is 32.9. The van der Waals surface area contributed by atoms with Crippen LogP contribution < -0.4 is 5.32 Å². The number of hydrogen-bond acceptors (Lipinski definition) is 5. The fourth-order valence-electron chi connectivity index (χ4n) is 13.9. The molecule has 7 heteroatoms. The molecule has 0 aliphatic heterocycles. The molecule has 1 heterocycles. The van der Waals surface area contributed by atoms with Crippen molar-refractivity contribution in [3.63, 3.8) is 0 Å². The van der Waals surface area contributed by atoms with Gasteiger partial charge in [0.25, 0.3) is 0 Å². The van der Waals surface area contributed by atoms with Crippen LogP contribution in [0.3, 0.4) is 0 Å². The quantitative estimate of drug-likeness (QED) is 0.186. The Hall–Kier alpha value is -2.70. The number of fused-ring (bicyclic) bond motifs is 7. The Balaban J connectivity index is 1.21. The number of aromatic nitrogens is 1. The predicted molar refractivity (Wildman–Crippen MR) is 200 cm³/mol. The van der Waals surface area contributed by atoms with Crippen molar-refractivity contribution >= 4 is 17.8 Å². The molecule has 5 aliphatic rings. The van der Waals surface area contributed by atoms with Gasteiger partial charge in [0.05, 0.1) is 12.8 Å². The molecule has 5 aliphatic carbocycles. The van der Waals surface area contributed by atoms with E-state index in [4.69, 9.17) is 4.74 Å². The van der Waals surface area contributed by atoms with Crippen LogP contribution in [0.25, 0.3) is 0 Å². The number of esters is 1. The molecule has 2 N–H and O–H groups in total. The number of aliphatic carboxylic acids is 1. The lowest BCUT2D eigenvalue weighted by Gasteiger charge is -2.73. The second-order valence-electron chi connectivity index (χ2n) is 20.1. The van der Waals surface area contributed by atoms with Gasteiger partial charge in [0.1, 0.15) is 6.10 Å². The van der Waals surface area contributed by atoms with Crippen LogP contribution in [0.15, 0.2) is 36.7 Å². The van der Waals surface area contributed by atoms with E-state index in [1.54, 1.807) is 12.4 Å². The van der Waals surface area contributed by atoms with Gasteiger partial charge in [-0.05, 0) is 145 Å². The van der Waals surface area contributed by atoms with E-state index in [-0.39, 0.29) is 57.9 Å². The van der Waals surface area contributed by atoms with Gasteiger partial charge in [0.15, 0.2) is 0 Å². The Morgan fingerprint density at radius 1 is 0.902 bits per heavy atom. The van der Waals surface area contributed by atoms with Crippen LogP contribution in [-0.2, 0) is 25.7 Å². The van der Waals surface area contributed by atoms with Crippen molar-refractivity contribution < 1.29 is 24.2 Å². The SMILES string of the molecule is C=C(C)[C@@H]1CC[C@]2(CC(=O)NCc3ccncc3)CC[C@]3(C)[C@H](CC[C@@H]4[C@@]5(C)CC[C@H](OC(=O)CC(C)(C)CC(=O)O)C(C)(C)[C@@H]5CC[C@]43C)[C@@H]12. The minimum absolute atomic E-state index is 0.0311. The first kappa shape index (κ1) is 38.0. The monoisotopic (exact) mass is 702 g/mol. The fourth-order valence-corrected chi connectivity index (χ4v) is 13.9. The molecule has 7 nitrogen and oxygen atoms in total. The average molecular weight is 703 g/mol. The van der Waals surface area contributed by atoms with Gasteiger partial charge >= 0.3 is 11.9 Å². The van der Waals surface area contributed by atoms with Crippen molar-refractivity contribution in [3.8, 4) is 0 Å². The van der Waals surface area contributed by atoms with Crippen LogP contribution in [0.1, 0.15) is 144 Å². The van der Waals surface area contributed by atoms with E-state index in [9.17, 15) is 19.5 Å². The van der Waals surface area contributed by atoms with Gasteiger partial charge in [-0.3, -0.25) is 19.4 Å². The van der Waals surface area contributed by atoms with E-state index in [1.807, 2.05) is 26.0 Å². The third kappa shape index (κ3) is 6.49. The average Bonchev–Trinajstić information content (AvgIpc) is 3.41. The van der Waals surface area contributed by atoms with Crippen LogP contribution in [0.5, 0.6) is 0 Å². The highest BCUT2D eigenvalue weighted by Crippen LogP contribution is 2.78. The number of nitrogens with one attached hydrogen (secondary N) is 1. The summed E-state index contributed by atoms with van der Waals surface area (Å²) in [5.74, 6) is 1.60. The molecule has 0 unspecified atom stereocenters. The summed E-state index contributed by atoms with van der Waals surface area (Å²) < 4.78 is 6.28. The maximum Gasteiger partial charge on any atom is 0.306 e. The Labute approximate surface area is 307 Å². The molecule has 0 spiro atoms. The van der Waals surface area contributed by atoms with Crippen molar-refractivity contribution in [2.45, 2.75) is 152 Å². The van der Waals surface area contributed by atoms with Crippen molar-refractivity contribution in [2.24, 2.45) is 62.1 Å². The van der Waals surface area contributed by atoms with E-state index in [2.05, 4.69) is 58.4 Å².